The molecular formula is C12H14O5. The van der Waals surface area contributed by atoms with Gasteiger partial charge in [-0.05, 0) is 13.0 Å². The normalized spacial score (nSPS) is 25.0. The average molecular weight is 238 g/mol. The van der Waals surface area contributed by atoms with E-state index in [2.05, 4.69) is 0 Å². The van der Waals surface area contributed by atoms with Crippen LogP contribution in [0.5, 0.6) is 5.75 Å². The number of aliphatic hydroxyl groups is 2. The summed E-state index contributed by atoms with van der Waals surface area (Å²) in [4.78, 5) is 11.7. The van der Waals surface area contributed by atoms with Gasteiger partial charge in [0.1, 0.15) is 23.5 Å². The Hall–Kier alpha value is -1.59. The fourth-order valence-corrected chi connectivity index (χ4v) is 2.00. The minimum absolute atomic E-state index is 0.00171. The van der Waals surface area contributed by atoms with Gasteiger partial charge in [-0.3, -0.25) is 0 Å². The van der Waals surface area contributed by atoms with Crippen molar-refractivity contribution in [2.45, 2.75) is 31.7 Å². The van der Waals surface area contributed by atoms with Crippen LogP contribution in [-0.4, -0.2) is 33.5 Å². The summed E-state index contributed by atoms with van der Waals surface area (Å²) in [5, 5.41) is 28.8. The van der Waals surface area contributed by atoms with Gasteiger partial charge in [0.2, 0.25) is 0 Å². The van der Waals surface area contributed by atoms with Crippen molar-refractivity contribution in [2.75, 3.05) is 0 Å². The van der Waals surface area contributed by atoms with Crippen LogP contribution < -0.4 is 0 Å². The van der Waals surface area contributed by atoms with Gasteiger partial charge in [-0.25, -0.2) is 4.79 Å². The molecule has 0 aliphatic carbocycles. The van der Waals surface area contributed by atoms with Crippen molar-refractivity contribution in [3.8, 4) is 5.75 Å². The SMILES string of the molecule is C[C@@H](O)C[C@H]1OC(=O)c2c(O)cccc2[C@@H]1O. The van der Waals surface area contributed by atoms with E-state index in [-0.39, 0.29) is 17.7 Å². The molecule has 3 atom stereocenters. The second-order valence-corrected chi connectivity index (χ2v) is 4.21. The van der Waals surface area contributed by atoms with Crippen molar-refractivity contribution in [1.29, 1.82) is 0 Å². The minimum atomic E-state index is -1.02. The monoisotopic (exact) mass is 238 g/mol. The number of ether oxygens (including phenoxy) is 1. The topological polar surface area (TPSA) is 87.0 Å². The van der Waals surface area contributed by atoms with Gasteiger partial charge in [-0.2, -0.15) is 0 Å². The molecule has 5 heteroatoms. The number of benzene rings is 1. The molecule has 1 aromatic rings. The third kappa shape index (κ3) is 2.11. The van der Waals surface area contributed by atoms with Crippen LogP contribution in [0, 0.1) is 0 Å². The van der Waals surface area contributed by atoms with E-state index >= 15 is 0 Å². The van der Waals surface area contributed by atoms with E-state index in [4.69, 9.17) is 4.74 Å². The lowest BCUT2D eigenvalue weighted by atomic mass is 9.92. The first kappa shape index (κ1) is 11.9. The van der Waals surface area contributed by atoms with Crippen molar-refractivity contribution in [2.24, 2.45) is 0 Å². The van der Waals surface area contributed by atoms with Gasteiger partial charge >= 0.3 is 5.97 Å². The van der Waals surface area contributed by atoms with Crippen molar-refractivity contribution in [1.82, 2.24) is 0 Å². The highest BCUT2D eigenvalue weighted by Gasteiger charge is 2.36. The highest BCUT2D eigenvalue weighted by atomic mass is 16.6. The van der Waals surface area contributed by atoms with E-state index < -0.39 is 24.3 Å². The Kier molecular flexibility index (Phi) is 3.04. The van der Waals surface area contributed by atoms with Crippen LogP contribution >= 0.6 is 0 Å². The van der Waals surface area contributed by atoms with Crippen molar-refractivity contribution < 1.29 is 24.9 Å². The summed E-state index contributed by atoms with van der Waals surface area (Å²) in [5.41, 5.74) is 0.341. The summed E-state index contributed by atoms with van der Waals surface area (Å²) in [7, 11) is 0. The lowest BCUT2D eigenvalue weighted by Gasteiger charge is -2.30. The molecule has 2 rings (SSSR count). The summed E-state index contributed by atoms with van der Waals surface area (Å²) in [6.07, 6.45) is -2.33. The number of fused-ring (bicyclic) bond motifs is 1. The quantitative estimate of drug-likeness (QED) is 0.661. The highest BCUT2D eigenvalue weighted by molar-refractivity contribution is 5.95. The standard InChI is InChI=1S/C12H14O5/c1-6(13)5-9-11(15)7-3-2-4-8(14)10(7)12(16)17-9/h2-4,6,9,11,13-15H,5H2,1H3/t6-,9-,11+/m1/s1. The van der Waals surface area contributed by atoms with E-state index in [0.29, 0.717) is 5.56 Å². The highest BCUT2D eigenvalue weighted by Crippen LogP contribution is 2.35. The van der Waals surface area contributed by atoms with Gasteiger partial charge in [0.15, 0.2) is 0 Å². The zero-order valence-electron chi connectivity index (χ0n) is 9.33. The molecule has 17 heavy (non-hydrogen) atoms. The first-order valence-electron chi connectivity index (χ1n) is 5.39. The van der Waals surface area contributed by atoms with E-state index in [0.717, 1.165) is 0 Å². The summed E-state index contributed by atoms with van der Waals surface area (Å²) in [6, 6.07) is 4.48. The van der Waals surface area contributed by atoms with Gasteiger partial charge in [-0.1, -0.05) is 12.1 Å². The van der Waals surface area contributed by atoms with Crippen LogP contribution in [0.2, 0.25) is 0 Å². The van der Waals surface area contributed by atoms with E-state index in [1.54, 1.807) is 19.1 Å². The molecular weight excluding hydrogens is 224 g/mol. The molecule has 3 N–H and O–H groups in total. The van der Waals surface area contributed by atoms with Gasteiger partial charge in [0.25, 0.3) is 0 Å². The number of cyclic esters (lactones) is 1. The van der Waals surface area contributed by atoms with Crippen LogP contribution in [0.3, 0.4) is 0 Å². The number of carbonyl (C=O) groups excluding carboxylic acids is 1. The summed E-state index contributed by atoms with van der Waals surface area (Å²) < 4.78 is 5.01. The van der Waals surface area contributed by atoms with Gasteiger partial charge in [0.05, 0.1) is 6.10 Å². The first-order chi connectivity index (χ1) is 8.00. The van der Waals surface area contributed by atoms with E-state index in [9.17, 15) is 20.1 Å². The first-order valence-corrected chi connectivity index (χ1v) is 5.39. The Morgan fingerprint density at radius 2 is 2.18 bits per heavy atom. The molecule has 0 saturated carbocycles. The molecule has 0 spiro atoms. The minimum Gasteiger partial charge on any atom is -0.507 e. The lowest BCUT2D eigenvalue weighted by molar-refractivity contribution is -0.0456. The molecule has 0 amide bonds. The molecule has 92 valence electrons. The second kappa shape index (κ2) is 4.35. The number of hydrogen-bond acceptors (Lipinski definition) is 5. The Labute approximate surface area is 98.3 Å². The third-order valence-electron chi connectivity index (χ3n) is 2.78. The molecule has 0 saturated heterocycles. The van der Waals surface area contributed by atoms with E-state index in [1.165, 1.54) is 6.07 Å². The number of rotatable bonds is 2. The maximum atomic E-state index is 11.7. The fourth-order valence-electron chi connectivity index (χ4n) is 2.00. The predicted molar refractivity (Wildman–Crippen MR) is 58.6 cm³/mol. The maximum absolute atomic E-state index is 11.7. The molecule has 1 heterocycles. The number of phenols is 1. The van der Waals surface area contributed by atoms with Crippen LogP contribution in [-0.2, 0) is 4.74 Å². The van der Waals surface area contributed by atoms with Crippen LogP contribution in [0.4, 0.5) is 0 Å². The fraction of sp³-hybridized carbons (Fsp3) is 0.417. The van der Waals surface area contributed by atoms with Crippen molar-refractivity contribution >= 4 is 5.97 Å². The number of aliphatic hydroxyl groups excluding tert-OH is 2. The molecule has 0 bridgehead atoms. The average Bonchev–Trinajstić information content (AvgIpc) is 2.24. The largest absolute Gasteiger partial charge is 0.507 e. The number of phenolic OH excluding ortho intramolecular Hbond substituents is 1. The maximum Gasteiger partial charge on any atom is 0.342 e. The van der Waals surface area contributed by atoms with Gasteiger partial charge < -0.3 is 20.1 Å². The molecule has 1 aliphatic heterocycles. The van der Waals surface area contributed by atoms with E-state index in [1.807, 2.05) is 0 Å². The Bertz CT molecular complexity index is 441. The zero-order chi connectivity index (χ0) is 12.6. The van der Waals surface area contributed by atoms with Crippen LogP contribution in [0.1, 0.15) is 35.4 Å². The summed E-state index contributed by atoms with van der Waals surface area (Å²) in [5.74, 6) is -0.879. The molecule has 0 fully saturated rings. The zero-order valence-corrected chi connectivity index (χ0v) is 9.33. The van der Waals surface area contributed by atoms with Crippen LogP contribution in [0.25, 0.3) is 0 Å². The smallest absolute Gasteiger partial charge is 0.342 e. The third-order valence-corrected chi connectivity index (χ3v) is 2.78. The molecule has 0 unspecified atom stereocenters. The Balaban J connectivity index is 2.38. The number of aromatic hydroxyl groups is 1. The molecule has 1 aliphatic rings. The summed E-state index contributed by atoms with van der Waals surface area (Å²) >= 11 is 0. The van der Waals surface area contributed by atoms with Crippen molar-refractivity contribution in [3.05, 3.63) is 29.3 Å². The number of esters is 1. The molecule has 0 radical (unpaired) electrons. The Morgan fingerprint density at radius 3 is 2.82 bits per heavy atom. The molecule has 1 aromatic carbocycles. The van der Waals surface area contributed by atoms with Crippen molar-refractivity contribution in [3.63, 3.8) is 0 Å². The lowest BCUT2D eigenvalue weighted by Crippen LogP contribution is -2.34. The Morgan fingerprint density at radius 1 is 1.47 bits per heavy atom. The predicted octanol–water partition coefficient (Wildman–Crippen LogP) is 0.735. The van der Waals surface area contributed by atoms with Gasteiger partial charge in [-0.15, -0.1) is 0 Å². The number of hydrogen-bond donors (Lipinski definition) is 3. The molecule has 5 nitrogen and oxygen atoms in total. The van der Waals surface area contributed by atoms with Crippen LogP contribution in [0.15, 0.2) is 18.2 Å². The molecule has 0 aromatic heterocycles. The number of carbonyl (C=O) groups is 1. The van der Waals surface area contributed by atoms with Gasteiger partial charge in [0, 0.05) is 12.0 Å². The summed E-state index contributed by atoms with van der Waals surface area (Å²) in [6.45, 7) is 1.55. The second-order valence-electron chi connectivity index (χ2n) is 4.21.